The lowest BCUT2D eigenvalue weighted by Gasteiger charge is -2.57. The van der Waals surface area contributed by atoms with E-state index >= 15 is 0 Å². The van der Waals surface area contributed by atoms with E-state index in [0.29, 0.717) is 35.1 Å². The fourth-order valence-electron chi connectivity index (χ4n) is 7.70. The molecular weight excluding hydrogens is 394 g/mol. The predicted molar refractivity (Wildman–Crippen MR) is 122 cm³/mol. The van der Waals surface area contributed by atoms with Gasteiger partial charge in [-0.05, 0) is 79.2 Å². The maximum atomic E-state index is 13.2. The predicted octanol–water partition coefficient (Wildman–Crippen LogP) is 5.87. The number of anilines is 1. The molecule has 3 fully saturated rings. The van der Waals surface area contributed by atoms with Gasteiger partial charge in [-0.2, -0.15) is 0 Å². The molecule has 0 saturated heterocycles. The molecule has 4 aliphatic rings. The number of nitrogens with one attached hydrogen (secondary N) is 1. The van der Waals surface area contributed by atoms with Crippen molar-refractivity contribution in [3.63, 3.8) is 0 Å². The molecule has 0 aromatic heterocycles. The first-order chi connectivity index (χ1) is 14.3. The Morgan fingerprint density at radius 1 is 1.13 bits per heavy atom. The van der Waals surface area contributed by atoms with Crippen LogP contribution in [0, 0.1) is 34.5 Å². The number of carbonyl (C=O) groups excluding carboxylic acids is 1. The molecular formula is C26H34ClNO2. The topological polar surface area (TPSA) is 49.3 Å². The normalized spacial score (nSPS) is 42.7. The third-order valence-corrected chi connectivity index (χ3v) is 9.82. The summed E-state index contributed by atoms with van der Waals surface area (Å²) >= 11 is 6.33. The monoisotopic (exact) mass is 427 g/mol. The maximum Gasteiger partial charge on any atom is 0.138 e. The molecule has 3 saturated carbocycles. The number of carbonyl (C=O) groups is 1. The first kappa shape index (κ1) is 20.6. The number of para-hydroxylation sites is 1. The summed E-state index contributed by atoms with van der Waals surface area (Å²) in [7, 11) is 0. The van der Waals surface area contributed by atoms with Crippen LogP contribution in [0.3, 0.4) is 0 Å². The number of benzene rings is 1. The van der Waals surface area contributed by atoms with Gasteiger partial charge in [-0.1, -0.05) is 49.2 Å². The van der Waals surface area contributed by atoms with Gasteiger partial charge >= 0.3 is 0 Å². The fourth-order valence-corrected chi connectivity index (χ4v) is 7.90. The lowest BCUT2D eigenvalue weighted by Crippen LogP contribution is -2.51. The van der Waals surface area contributed by atoms with E-state index < -0.39 is 0 Å². The van der Waals surface area contributed by atoms with Gasteiger partial charge in [0.1, 0.15) is 5.78 Å². The van der Waals surface area contributed by atoms with Crippen molar-refractivity contribution in [1.82, 2.24) is 0 Å². The van der Waals surface area contributed by atoms with Gasteiger partial charge < -0.3 is 10.4 Å². The Hall–Kier alpha value is -1.32. The van der Waals surface area contributed by atoms with Crippen molar-refractivity contribution in [3.05, 3.63) is 40.9 Å². The number of rotatable bonds is 3. The van der Waals surface area contributed by atoms with E-state index in [2.05, 4.69) is 25.2 Å². The van der Waals surface area contributed by atoms with Crippen LogP contribution in [0.5, 0.6) is 0 Å². The van der Waals surface area contributed by atoms with Crippen LogP contribution >= 0.6 is 11.6 Å². The summed E-state index contributed by atoms with van der Waals surface area (Å²) < 4.78 is 0. The van der Waals surface area contributed by atoms with Gasteiger partial charge in [0.25, 0.3) is 0 Å². The minimum absolute atomic E-state index is 0.0612. The number of allylic oxidation sites excluding steroid dienone is 1. The van der Waals surface area contributed by atoms with Crippen LogP contribution in [0.15, 0.2) is 35.9 Å². The van der Waals surface area contributed by atoms with Crippen LogP contribution in [0.2, 0.25) is 5.02 Å². The highest BCUT2D eigenvalue weighted by Gasteiger charge is 2.60. The van der Waals surface area contributed by atoms with Crippen LogP contribution in [0.4, 0.5) is 5.69 Å². The van der Waals surface area contributed by atoms with Crippen molar-refractivity contribution < 1.29 is 9.90 Å². The van der Waals surface area contributed by atoms with Crippen LogP contribution in [-0.4, -0.2) is 23.5 Å². The molecule has 4 heteroatoms. The van der Waals surface area contributed by atoms with Gasteiger partial charge in [0.15, 0.2) is 0 Å². The van der Waals surface area contributed by atoms with Gasteiger partial charge in [0, 0.05) is 18.9 Å². The number of hydrogen-bond acceptors (Lipinski definition) is 3. The molecule has 1 aromatic carbocycles. The van der Waals surface area contributed by atoms with Crippen molar-refractivity contribution in [2.45, 2.75) is 64.9 Å². The molecule has 0 bridgehead atoms. The van der Waals surface area contributed by atoms with Crippen molar-refractivity contribution >= 4 is 23.1 Å². The van der Waals surface area contributed by atoms with E-state index in [9.17, 15) is 9.90 Å². The van der Waals surface area contributed by atoms with E-state index in [4.69, 9.17) is 11.6 Å². The van der Waals surface area contributed by atoms with Crippen molar-refractivity contribution in [2.24, 2.45) is 34.5 Å². The number of hydrogen-bond donors (Lipinski definition) is 2. The average Bonchev–Trinajstić information content (AvgIpc) is 2.98. The van der Waals surface area contributed by atoms with Crippen LogP contribution < -0.4 is 5.32 Å². The van der Waals surface area contributed by atoms with E-state index in [-0.39, 0.29) is 22.9 Å². The molecule has 0 unspecified atom stereocenters. The number of aliphatic hydroxyl groups excluding tert-OH is 1. The molecule has 0 heterocycles. The molecule has 0 spiro atoms. The molecule has 30 heavy (non-hydrogen) atoms. The minimum atomic E-state index is -0.164. The summed E-state index contributed by atoms with van der Waals surface area (Å²) in [6.45, 7) is 5.50. The number of fused-ring (bicyclic) bond motifs is 5. The molecule has 0 aliphatic heterocycles. The molecule has 0 amide bonds. The average molecular weight is 428 g/mol. The van der Waals surface area contributed by atoms with E-state index in [1.165, 1.54) is 12.0 Å². The lowest BCUT2D eigenvalue weighted by atomic mass is 9.47. The summed E-state index contributed by atoms with van der Waals surface area (Å²) in [4.78, 5) is 13.2. The number of aliphatic hydroxyl groups is 1. The van der Waals surface area contributed by atoms with Gasteiger partial charge in [-0.25, -0.2) is 0 Å². The quantitative estimate of drug-likeness (QED) is 0.593. The lowest BCUT2D eigenvalue weighted by molar-refractivity contribution is -0.121. The summed E-state index contributed by atoms with van der Waals surface area (Å²) in [5, 5.41) is 14.4. The Kier molecular flexibility index (Phi) is 5.06. The summed E-state index contributed by atoms with van der Waals surface area (Å²) in [5.74, 6) is 2.23. The zero-order chi connectivity index (χ0) is 21.1. The van der Waals surface area contributed by atoms with E-state index in [1.54, 1.807) is 0 Å². The summed E-state index contributed by atoms with van der Waals surface area (Å²) in [6, 6.07) is 7.80. The highest BCUT2D eigenvalue weighted by Crippen LogP contribution is 2.65. The Morgan fingerprint density at radius 2 is 1.93 bits per heavy atom. The van der Waals surface area contributed by atoms with Gasteiger partial charge in [0.2, 0.25) is 0 Å². The Balaban J connectivity index is 1.38. The molecule has 0 radical (unpaired) electrons. The standard InChI is InChI=1S/C26H34ClNO2/c1-25-11-9-17(29)13-16(25)7-8-18-19(25)10-12-26(2)20(18)14-24(30)21(26)15-28-23-6-4-3-5-22(23)27/h3-7,17-21,28-29H,8-15H2,1-2H3/t17-,18+,19-,20-,21-,25-,26-/m0/s1. The third kappa shape index (κ3) is 3.07. The fraction of sp³-hybridized carbons (Fsp3) is 0.654. The minimum Gasteiger partial charge on any atom is -0.393 e. The molecule has 162 valence electrons. The molecule has 7 atom stereocenters. The first-order valence-corrected chi connectivity index (χ1v) is 12.1. The second kappa shape index (κ2) is 7.38. The summed E-state index contributed by atoms with van der Waals surface area (Å²) in [5.41, 5.74) is 2.71. The second-order valence-electron chi connectivity index (χ2n) is 10.8. The van der Waals surface area contributed by atoms with Crippen molar-refractivity contribution in [1.29, 1.82) is 0 Å². The van der Waals surface area contributed by atoms with Crippen molar-refractivity contribution in [3.8, 4) is 0 Å². The van der Waals surface area contributed by atoms with Gasteiger partial charge in [0.05, 0.1) is 16.8 Å². The van der Waals surface area contributed by atoms with E-state index in [0.717, 1.165) is 44.2 Å². The highest BCUT2D eigenvalue weighted by molar-refractivity contribution is 6.33. The Morgan fingerprint density at radius 3 is 2.73 bits per heavy atom. The van der Waals surface area contributed by atoms with Gasteiger partial charge in [-0.3, -0.25) is 4.79 Å². The van der Waals surface area contributed by atoms with E-state index in [1.807, 2.05) is 24.3 Å². The first-order valence-electron chi connectivity index (χ1n) is 11.7. The molecule has 2 N–H and O–H groups in total. The maximum absolute atomic E-state index is 13.2. The van der Waals surface area contributed by atoms with Crippen molar-refractivity contribution in [2.75, 3.05) is 11.9 Å². The molecule has 5 rings (SSSR count). The van der Waals surface area contributed by atoms with Crippen LogP contribution in [-0.2, 0) is 4.79 Å². The smallest absolute Gasteiger partial charge is 0.138 e. The summed E-state index contributed by atoms with van der Waals surface area (Å²) in [6.07, 6.45) is 9.29. The molecule has 4 aliphatic carbocycles. The highest BCUT2D eigenvalue weighted by atomic mass is 35.5. The third-order valence-electron chi connectivity index (χ3n) is 9.49. The second-order valence-corrected chi connectivity index (χ2v) is 11.2. The number of halogens is 1. The number of ketones is 1. The van der Waals surface area contributed by atoms with Crippen LogP contribution in [0.1, 0.15) is 58.8 Å². The zero-order valence-corrected chi connectivity index (χ0v) is 18.9. The van der Waals surface area contributed by atoms with Crippen LogP contribution in [0.25, 0.3) is 0 Å². The molecule has 3 nitrogen and oxygen atoms in total. The molecule has 1 aromatic rings. The SMILES string of the molecule is C[C@]12CC[C@H]3[C@@H](CC=C4C[C@@H](O)CC[C@@]43C)[C@@H]1CC(=O)[C@@H]2CNc1ccccc1Cl. The Labute approximate surface area is 185 Å². The van der Waals surface area contributed by atoms with Gasteiger partial charge in [-0.15, -0.1) is 0 Å². The number of Topliss-reactive ketones (excluding diaryl/α,β-unsaturated/α-hetero) is 1. The largest absolute Gasteiger partial charge is 0.393 e. The zero-order valence-electron chi connectivity index (χ0n) is 18.2. The Bertz CT molecular complexity index is 882.